The van der Waals surface area contributed by atoms with Gasteiger partial charge in [0.05, 0.1) is 18.8 Å². The number of hydrogen-bond donors (Lipinski definition) is 1. The number of hydrogen-bond acceptors (Lipinski definition) is 7. The molecule has 41 heavy (non-hydrogen) atoms. The Labute approximate surface area is 233 Å². The number of benzene rings is 2. The monoisotopic (exact) mass is 567 g/mol. The number of aromatic amines is 1. The van der Waals surface area contributed by atoms with Gasteiger partial charge in [0.2, 0.25) is 0 Å². The predicted molar refractivity (Wildman–Crippen MR) is 142 cm³/mol. The van der Waals surface area contributed by atoms with Gasteiger partial charge in [-0.1, -0.05) is 17.3 Å². The Morgan fingerprint density at radius 1 is 1.00 bits per heavy atom. The molecule has 1 N–H and O–H groups in total. The number of nitrogens with zero attached hydrogens (tertiary/aromatic N) is 2. The Morgan fingerprint density at radius 3 is 2.39 bits per heavy atom. The number of fused-ring (bicyclic) bond motifs is 2. The van der Waals surface area contributed by atoms with Crippen LogP contribution >= 0.6 is 0 Å². The van der Waals surface area contributed by atoms with Crippen molar-refractivity contribution in [3.05, 3.63) is 76.3 Å². The van der Waals surface area contributed by atoms with Crippen molar-refractivity contribution in [2.75, 3.05) is 4.90 Å². The van der Waals surface area contributed by atoms with E-state index in [4.69, 9.17) is 13.8 Å². The first-order chi connectivity index (χ1) is 19.8. The Bertz CT molecular complexity index is 1570. The van der Waals surface area contributed by atoms with E-state index in [9.17, 15) is 18.0 Å². The van der Waals surface area contributed by atoms with E-state index < -0.39 is 6.36 Å². The SMILES string of the molecule is O=c1cc(-c2ccc(N3C4CCC3CC(OCc3c(-c5ccccc5OC(F)(F)F)noc3C3CC3)C4)cc2)o[nH]1. The number of piperidine rings is 1. The van der Waals surface area contributed by atoms with Crippen molar-refractivity contribution >= 4 is 5.69 Å². The Kier molecular flexibility index (Phi) is 6.41. The highest BCUT2D eigenvalue weighted by atomic mass is 19.4. The van der Waals surface area contributed by atoms with Gasteiger partial charge in [0, 0.05) is 40.4 Å². The summed E-state index contributed by atoms with van der Waals surface area (Å²) < 4.78 is 60.9. The zero-order valence-electron chi connectivity index (χ0n) is 22.0. The number of aromatic nitrogens is 2. The third-order valence-corrected chi connectivity index (χ3v) is 8.26. The van der Waals surface area contributed by atoms with Crippen LogP contribution in [0.5, 0.6) is 5.75 Å². The molecule has 2 aliphatic heterocycles. The van der Waals surface area contributed by atoms with Crippen molar-refractivity contribution in [2.24, 2.45) is 0 Å². The largest absolute Gasteiger partial charge is 0.573 e. The highest BCUT2D eigenvalue weighted by Crippen LogP contribution is 2.46. The molecule has 8 nitrogen and oxygen atoms in total. The van der Waals surface area contributed by atoms with E-state index in [0.717, 1.165) is 49.8 Å². The van der Waals surface area contributed by atoms with Gasteiger partial charge in [-0.2, -0.15) is 5.16 Å². The standard InChI is InChI=1S/C30H28F3N3O5/c31-30(32,33)39-25-4-2-1-3-23(25)28-24(29(41-35-28)18-5-6-18)16-38-22-13-20-11-12-21(14-22)36(20)19-9-7-17(8-10-19)26-15-27(37)34-40-26/h1-4,7-10,15,18,20-22H,5-6,11-14,16H2,(H,34,37). The second kappa shape index (κ2) is 10.1. The third kappa shape index (κ3) is 5.26. The van der Waals surface area contributed by atoms with Gasteiger partial charge >= 0.3 is 6.36 Å². The Hall–Kier alpha value is -3.99. The first-order valence-corrected chi connectivity index (χ1v) is 13.8. The van der Waals surface area contributed by atoms with Gasteiger partial charge in [-0.15, -0.1) is 13.2 Å². The molecule has 2 aromatic heterocycles. The van der Waals surface area contributed by atoms with E-state index in [0.29, 0.717) is 34.9 Å². The summed E-state index contributed by atoms with van der Waals surface area (Å²) in [6.45, 7) is 0.214. The molecule has 2 bridgehead atoms. The molecule has 3 fully saturated rings. The molecule has 0 spiro atoms. The van der Waals surface area contributed by atoms with E-state index in [1.54, 1.807) is 12.1 Å². The van der Waals surface area contributed by atoms with Crippen LogP contribution in [0.25, 0.3) is 22.6 Å². The summed E-state index contributed by atoms with van der Waals surface area (Å²) in [5.41, 5.74) is 2.95. The molecular formula is C30H28F3N3O5. The van der Waals surface area contributed by atoms with Gasteiger partial charge in [0.1, 0.15) is 17.2 Å². The normalized spacial score (nSPS) is 22.3. The Morgan fingerprint density at radius 2 is 1.73 bits per heavy atom. The lowest BCUT2D eigenvalue weighted by atomic mass is 9.98. The zero-order valence-corrected chi connectivity index (χ0v) is 22.0. The molecule has 4 aromatic rings. The van der Waals surface area contributed by atoms with Gasteiger partial charge < -0.3 is 23.4 Å². The van der Waals surface area contributed by atoms with E-state index in [2.05, 4.69) is 32.1 Å². The molecule has 214 valence electrons. The average molecular weight is 568 g/mol. The molecule has 3 aliphatic rings. The molecule has 4 heterocycles. The molecule has 2 unspecified atom stereocenters. The van der Waals surface area contributed by atoms with Crippen LogP contribution in [0.1, 0.15) is 55.8 Å². The van der Waals surface area contributed by atoms with Crippen LogP contribution < -0.4 is 15.2 Å². The lowest BCUT2D eigenvalue weighted by Crippen LogP contribution is -2.45. The summed E-state index contributed by atoms with van der Waals surface area (Å²) >= 11 is 0. The van der Waals surface area contributed by atoms with Crippen LogP contribution in [-0.4, -0.2) is 34.9 Å². The van der Waals surface area contributed by atoms with Gasteiger partial charge in [0.25, 0.3) is 5.56 Å². The minimum atomic E-state index is -4.82. The summed E-state index contributed by atoms with van der Waals surface area (Å²) in [7, 11) is 0. The van der Waals surface area contributed by atoms with Crippen LogP contribution in [-0.2, 0) is 11.3 Å². The quantitative estimate of drug-likeness (QED) is 0.251. The van der Waals surface area contributed by atoms with E-state index in [1.807, 2.05) is 12.1 Å². The van der Waals surface area contributed by atoms with Crippen LogP contribution in [0.3, 0.4) is 0 Å². The van der Waals surface area contributed by atoms with E-state index in [1.165, 1.54) is 18.2 Å². The maximum Gasteiger partial charge on any atom is 0.573 e. The number of nitrogens with one attached hydrogen (secondary N) is 1. The van der Waals surface area contributed by atoms with Crippen molar-refractivity contribution < 1.29 is 31.7 Å². The fraction of sp³-hybridized carbons (Fsp3) is 0.400. The van der Waals surface area contributed by atoms with Crippen LogP contribution in [0, 0.1) is 0 Å². The van der Waals surface area contributed by atoms with Crippen molar-refractivity contribution in [2.45, 2.75) is 75.6 Å². The van der Waals surface area contributed by atoms with Gasteiger partial charge in [-0.05, 0) is 74.9 Å². The highest BCUT2D eigenvalue weighted by molar-refractivity contribution is 5.70. The topological polar surface area (TPSA) is 93.7 Å². The van der Waals surface area contributed by atoms with Gasteiger partial charge in [0.15, 0.2) is 5.76 Å². The predicted octanol–water partition coefficient (Wildman–Crippen LogP) is 6.78. The van der Waals surface area contributed by atoms with Crippen LogP contribution in [0.2, 0.25) is 0 Å². The molecular weight excluding hydrogens is 539 g/mol. The maximum absolute atomic E-state index is 13.1. The minimum Gasteiger partial charge on any atom is -0.405 e. The number of H-pyrrole nitrogens is 1. The van der Waals surface area contributed by atoms with Crippen molar-refractivity contribution in [3.8, 4) is 28.3 Å². The second-order valence-electron chi connectivity index (χ2n) is 11.0. The zero-order chi connectivity index (χ0) is 28.1. The van der Waals surface area contributed by atoms with Crippen molar-refractivity contribution in [1.29, 1.82) is 0 Å². The van der Waals surface area contributed by atoms with E-state index >= 15 is 0 Å². The Balaban J connectivity index is 1.07. The van der Waals surface area contributed by atoms with Gasteiger partial charge in [-0.3, -0.25) is 4.79 Å². The molecule has 7 rings (SSSR count). The molecule has 2 atom stereocenters. The molecule has 1 saturated carbocycles. The number of para-hydroxylation sites is 1. The molecule has 0 amide bonds. The minimum absolute atomic E-state index is 0.00799. The summed E-state index contributed by atoms with van der Waals surface area (Å²) in [6, 6.07) is 16.1. The lowest BCUT2D eigenvalue weighted by molar-refractivity contribution is -0.274. The smallest absolute Gasteiger partial charge is 0.405 e. The summed E-state index contributed by atoms with van der Waals surface area (Å²) in [4.78, 5) is 13.9. The second-order valence-corrected chi connectivity index (χ2v) is 11.0. The van der Waals surface area contributed by atoms with Crippen LogP contribution in [0.4, 0.5) is 18.9 Å². The summed E-state index contributed by atoms with van der Waals surface area (Å²) in [5, 5.41) is 6.51. The summed E-state index contributed by atoms with van der Waals surface area (Å²) in [6.07, 6.45) is 0.922. The number of halogens is 3. The number of anilines is 1. The number of rotatable bonds is 8. The molecule has 0 radical (unpaired) electrons. The van der Waals surface area contributed by atoms with Gasteiger partial charge in [-0.25, -0.2) is 0 Å². The molecule has 2 saturated heterocycles. The summed E-state index contributed by atoms with van der Waals surface area (Å²) in [5.74, 6) is 1.10. The highest BCUT2D eigenvalue weighted by Gasteiger charge is 2.42. The fourth-order valence-electron chi connectivity index (χ4n) is 6.32. The fourth-order valence-corrected chi connectivity index (χ4v) is 6.32. The maximum atomic E-state index is 13.1. The molecule has 2 aromatic carbocycles. The average Bonchev–Trinajstić information content (AvgIpc) is 3.46. The lowest BCUT2D eigenvalue weighted by Gasteiger charge is -2.40. The van der Waals surface area contributed by atoms with Crippen LogP contribution in [0.15, 0.2) is 68.4 Å². The van der Waals surface area contributed by atoms with Crippen molar-refractivity contribution in [3.63, 3.8) is 0 Å². The third-order valence-electron chi connectivity index (χ3n) is 8.26. The first kappa shape index (κ1) is 25.9. The number of alkyl halides is 3. The first-order valence-electron chi connectivity index (χ1n) is 13.8. The number of ether oxygens (including phenoxy) is 2. The van der Waals surface area contributed by atoms with Crippen molar-refractivity contribution in [1.82, 2.24) is 10.3 Å². The molecule has 1 aliphatic carbocycles. The van der Waals surface area contributed by atoms with E-state index in [-0.39, 0.29) is 35.5 Å². The molecule has 11 heteroatoms.